The van der Waals surface area contributed by atoms with Crippen LogP contribution in [0.4, 0.5) is 9.18 Å². The number of hydrogen-bond donors (Lipinski definition) is 1. The molecule has 1 aromatic heterocycles. The van der Waals surface area contributed by atoms with Crippen molar-refractivity contribution in [2.24, 2.45) is 0 Å². The van der Waals surface area contributed by atoms with Crippen molar-refractivity contribution in [3.8, 4) is 11.6 Å². The van der Waals surface area contributed by atoms with Crippen molar-refractivity contribution in [2.75, 3.05) is 14.1 Å². The summed E-state index contributed by atoms with van der Waals surface area (Å²) >= 11 is 6.25. The van der Waals surface area contributed by atoms with Gasteiger partial charge < -0.3 is 15.0 Å². The number of carbonyl (C=O) groups excluding carboxylic acids is 2. The topological polar surface area (TPSA) is 80.6 Å². The Morgan fingerprint density at radius 3 is 2.37 bits per heavy atom. The molecule has 3 aromatic carbocycles. The number of carbonyl (C=O) groups is 2. The third kappa shape index (κ3) is 5.02. The lowest BCUT2D eigenvalue weighted by atomic mass is 10.1. The Bertz CT molecular complexity index is 1470. The molecule has 2 amide bonds. The second-order valence-electron chi connectivity index (χ2n) is 7.90. The predicted octanol–water partition coefficient (Wildman–Crippen LogP) is 4.77. The lowest BCUT2D eigenvalue weighted by molar-refractivity contribution is 0.0950. The molecule has 0 unspecified atom stereocenters. The number of para-hydroxylation sites is 1. The van der Waals surface area contributed by atoms with Crippen LogP contribution in [0.1, 0.15) is 15.9 Å². The fourth-order valence-electron chi connectivity index (χ4n) is 3.53. The summed E-state index contributed by atoms with van der Waals surface area (Å²) in [6, 6.07) is 18.8. The quantitative estimate of drug-likeness (QED) is 0.434. The first kappa shape index (κ1) is 24.0. The highest BCUT2D eigenvalue weighted by Crippen LogP contribution is 2.29. The van der Waals surface area contributed by atoms with Gasteiger partial charge in [0, 0.05) is 35.8 Å². The van der Waals surface area contributed by atoms with Gasteiger partial charge in [0.15, 0.2) is 5.43 Å². The van der Waals surface area contributed by atoms with E-state index in [9.17, 15) is 18.8 Å². The Hall–Kier alpha value is -4.17. The molecular weight excluding hydrogens is 473 g/mol. The maximum atomic E-state index is 13.5. The molecule has 1 N–H and O–H groups in total. The summed E-state index contributed by atoms with van der Waals surface area (Å²) in [5.41, 5.74) is 0.907. The van der Waals surface area contributed by atoms with E-state index in [0.717, 1.165) is 0 Å². The van der Waals surface area contributed by atoms with E-state index >= 15 is 0 Å². The van der Waals surface area contributed by atoms with Gasteiger partial charge in [0.1, 0.15) is 5.82 Å². The summed E-state index contributed by atoms with van der Waals surface area (Å²) in [7, 11) is 3.03. The summed E-state index contributed by atoms with van der Waals surface area (Å²) in [5, 5.41) is 3.39. The number of aromatic nitrogens is 1. The van der Waals surface area contributed by atoms with E-state index in [0.29, 0.717) is 21.6 Å². The molecule has 4 aromatic rings. The Morgan fingerprint density at radius 1 is 1.03 bits per heavy atom. The van der Waals surface area contributed by atoms with E-state index in [1.54, 1.807) is 47.0 Å². The summed E-state index contributed by atoms with van der Waals surface area (Å²) in [5.74, 6) is -1.04. The van der Waals surface area contributed by atoms with E-state index in [1.165, 1.54) is 43.3 Å². The monoisotopic (exact) mass is 493 g/mol. The lowest BCUT2D eigenvalue weighted by Gasteiger charge is -2.21. The van der Waals surface area contributed by atoms with Crippen LogP contribution in [-0.2, 0) is 6.54 Å². The molecule has 0 saturated heterocycles. The standard InChI is InChI=1S/C26H21ClFN3O4/c1-30(2)26(34)35-25-21(15-29-24(33)16-8-11-18(28)12-9-16)23(32)20-13-10-17(27)14-22(20)31(25)19-6-4-3-5-7-19/h3-14H,15H2,1-2H3,(H,29,33). The highest BCUT2D eigenvalue weighted by molar-refractivity contribution is 6.31. The van der Waals surface area contributed by atoms with Gasteiger partial charge in [0.2, 0.25) is 5.88 Å². The van der Waals surface area contributed by atoms with Crippen LogP contribution in [0.15, 0.2) is 77.6 Å². The minimum Gasteiger partial charge on any atom is -0.392 e. The Labute approximate surface area is 205 Å². The number of pyridine rings is 1. The zero-order chi connectivity index (χ0) is 25.1. The first-order valence-corrected chi connectivity index (χ1v) is 11.0. The van der Waals surface area contributed by atoms with Gasteiger partial charge in [0.25, 0.3) is 5.91 Å². The Morgan fingerprint density at radius 2 is 1.71 bits per heavy atom. The van der Waals surface area contributed by atoms with Gasteiger partial charge in [-0.2, -0.15) is 0 Å². The van der Waals surface area contributed by atoms with Gasteiger partial charge >= 0.3 is 6.09 Å². The van der Waals surface area contributed by atoms with Crippen molar-refractivity contribution in [3.05, 3.63) is 105 Å². The number of rotatable bonds is 5. The molecule has 0 bridgehead atoms. The normalized spacial score (nSPS) is 10.7. The molecule has 178 valence electrons. The van der Waals surface area contributed by atoms with Crippen LogP contribution >= 0.6 is 11.6 Å². The second-order valence-corrected chi connectivity index (χ2v) is 8.33. The molecule has 1 heterocycles. The molecule has 35 heavy (non-hydrogen) atoms. The minimum atomic E-state index is -0.707. The van der Waals surface area contributed by atoms with Crippen molar-refractivity contribution in [2.45, 2.75) is 6.54 Å². The SMILES string of the molecule is CN(C)C(=O)Oc1c(CNC(=O)c2ccc(F)cc2)c(=O)c2ccc(Cl)cc2n1-c1ccccc1. The molecule has 7 nitrogen and oxygen atoms in total. The van der Waals surface area contributed by atoms with Crippen LogP contribution < -0.4 is 15.5 Å². The molecule has 0 aliphatic rings. The Balaban J connectivity index is 1.91. The van der Waals surface area contributed by atoms with Crippen LogP contribution in [0.2, 0.25) is 5.02 Å². The number of halogens is 2. The average molecular weight is 494 g/mol. The van der Waals surface area contributed by atoms with Crippen LogP contribution in [-0.4, -0.2) is 35.6 Å². The van der Waals surface area contributed by atoms with Crippen molar-refractivity contribution < 1.29 is 18.7 Å². The average Bonchev–Trinajstić information content (AvgIpc) is 2.84. The number of benzene rings is 3. The molecule has 0 aliphatic heterocycles. The van der Waals surface area contributed by atoms with Gasteiger partial charge in [-0.25, -0.2) is 9.18 Å². The summed E-state index contributed by atoms with van der Waals surface area (Å²) in [6.45, 7) is -0.240. The summed E-state index contributed by atoms with van der Waals surface area (Å²) in [6.07, 6.45) is -0.707. The molecule has 4 rings (SSSR count). The maximum absolute atomic E-state index is 13.5. The zero-order valence-electron chi connectivity index (χ0n) is 18.9. The minimum absolute atomic E-state index is 0.0472. The molecular formula is C26H21ClFN3O4. The molecule has 0 aliphatic carbocycles. The van der Waals surface area contributed by atoms with Gasteiger partial charge in [-0.05, 0) is 54.6 Å². The number of amides is 2. The second kappa shape index (κ2) is 9.99. The first-order valence-electron chi connectivity index (χ1n) is 10.6. The van der Waals surface area contributed by atoms with Crippen LogP contribution in [0, 0.1) is 5.82 Å². The van der Waals surface area contributed by atoms with Gasteiger partial charge in [-0.3, -0.25) is 14.2 Å². The predicted molar refractivity (Wildman–Crippen MR) is 132 cm³/mol. The highest BCUT2D eigenvalue weighted by atomic mass is 35.5. The third-order valence-electron chi connectivity index (χ3n) is 5.28. The van der Waals surface area contributed by atoms with Crippen LogP contribution in [0.3, 0.4) is 0 Å². The van der Waals surface area contributed by atoms with E-state index < -0.39 is 23.2 Å². The van der Waals surface area contributed by atoms with Crippen LogP contribution in [0.5, 0.6) is 5.88 Å². The van der Waals surface area contributed by atoms with E-state index in [1.807, 2.05) is 6.07 Å². The fourth-order valence-corrected chi connectivity index (χ4v) is 3.69. The zero-order valence-corrected chi connectivity index (χ0v) is 19.7. The number of nitrogens with one attached hydrogen (secondary N) is 1. The van der Waals surface area contributed by atoms with Crippen molar-refractivity contribution in [1.29, 1.82) is 0 Å². The number of hydrogen-bond acceptors (Lipinski definition) is 4. The molecule has 9 heteroatoms. The summed E-state index contributed by atoms with van der Waals surface area (Å²) < 4.78 is 20.5. The third-order valence-corrected chi connectivity index (χ3v) is 5.51. The van der Waals surface area contributed by atoms with Crippen molar-refractivity contribution in [1.82, 2.24) is 14.8 Å². The molecule has 0 fully saturated rings. The van der Waals surface area contributed by atoms with Gasteiger partial charge in [-0.15, -0.1) is 0 Å². The van der Waals surface area contributed by atoms with E-state index in [4.69, 9.17) is 16.3 Å². The van der Waals surface area contributed by atoms with Crippen molar-refractivity contribution in [3.63, 3.8) is 0 Å². The number of fused-ring (bicyclic) bond motifs is 1. The smallest absolute Gasteiger partial charge is 0.392 e. The largest absolute Gasteiger partial charge is 0.416 e. The van der Waals surface area contributed by atoms with Gasteiger partial charge in [0.05, 0.1) is 17.6 Å². The molecule has 0 saturated carbocycles. The molecule has 0 radical (unpaired) electrons. The fraction of sp³-hybridized carbons (Fsp3) is 0.115. The highest BCUT2D eigenvalue weighted by Gasteiger charge is 2.23. The summed E-state index contributed by atoms with van der Waals surface area (Å²) in [4.78, 5) is 40.0. The number of nitrogens with zero attached hydrogens (tertiary/aromatic N) is 2. The van der Waals surface area contributed by atoms with Crippen molar-refractivity contribution >= 4 is 34.5 Å². The van der Waals surface area contributed by atoms with Gasteiger partial charge in [-0.1, -0.05) is 29.8 Å². The molecule has 0 spiro atoms. The van der Waals surface area contributed by atoms with E-state index in [2.05, 4.69) is 5.32 Å². The lowest BCUT2D eigenvalue weighted by Crippen LogP contribution is -2.31. The van der Waals surface area contributed by atoms with Crippen LogP contribution in [0.25, 0.3) is 16.6 Å². The Kier molecular flexibility index (Phi) is 6.84. The van der Waals surface area contributed by atoms with E-state index in [-0.39, 0.29) is 23.6 Å². The first-order chi connectivity index (χ1) is 16.8. The molecule has 0 atom stereocenters. The maximum Gasteiger partial charge on any atom is 0.416 e. The number of ether oxygens (including phenoxy) is 1.